The molecule has 1 aliphatic carbocycles. The summed E-state index contributed by atoms with van der Waals surface area (Å²) in [6.45, 7) is 4.91. The monoisotopic (exact) mass is 417 g/mol. The van der Waals surface area contributed by atoms with Gasteiger partial charge in [-0.25, -0.2) is 4.79 Å². The number of ether oxygens (including phenoxy) is 2. The predicted octanol–water partition coefficient (Wildman–Crippen LogP) is 6.26. The van der Waals surface area contributed by atoms with E-state index >= 15 is 0 Å². The molecule has 0 atom stereocenters. The van der Waals surface area contributed by atoms with Gasteiger partial charge >= 0.3 is 6.09 Å². The van der Waals surface area contributed by atoms with Crippen LogP contribution < -0.4 is 10.1 Å². The summed E-state index contributed by atoms with van der Waals surface area (Å²) >= 11 is 0. The van der Waals surface area contributed by atoms with Gasteiger partial charge < -0.3 is 14.0 Å². The van der Waals surface area contributed by atoms with E-state index in [0.29, 0.717) is 30.5 Å². The maximum atomic E-state index is 11.8. The van der Waals surface area contributed by atoms with Gasteiger partial charge in [-0.15, -0.1) is 0 Å². The Bertz CT molecular complexity index is 1120. The zero-order valence-electron chi connectivity index (χ0n) is 18.0. The molecule has 6 nitrogen and oxygen atoms in total. The number of nitrogens with one attached hydrogen (secondary N) is 1. The van der Waals surface area contributed by atoms with E-state index in [9.17, 15) is 10.1 Å². The number of anilines is 1. The van der Waals surface area contributed by atoms with Gasteiger partial charge in [0.15, 0.2) is 0 Å². The molecule has 0 unspecified atom stereocenters. The van der Waals surface area contributed by atoms with Crippen molar-refractivity contribution in [3.63, 3.8) is 0 Å². The Morgan fingerprint density at radius 2 is 1.97 bits per heavy atom. The maximum Gasteiger partial charge on any atom is 0.411 e. The second-order valence-electron chi connectivity index (χ2n) is 7.74. The van der Waals surface area contributed by atoms with E-state index in [1.165, 1.54) is 6.42 Å². The average Bonchev–Trinajstić information content (AvgIpc) is 3.05. The number of nitrogens with zero attached hydrogens (tertiary/aromatic N) is 2. The third kappa shape index (κ3) is 4.09. The Kier molecular flexibility index (Phi) is 6.13. The van der Waals surface area contributed by atoms with Gasteiger partial charge in [-0.1, -0.05) is 19.1 Å². The van der Waals surface area contributed by atoms with Crippen molar-refractivity contribution in [3.05, 3.63) is 48.0 Å². The van der Waals surface area contributed by atoms with Gasteiger partial charge in [0, 0.05) is 23.2 Å². The van der Waals surface area contributed by atoms with Crippen LogP contribution in [0, 0.1) is 11.3 Å². The van der Waals surface area contributed by atoms with E-state index in [-0.39, 0.29) is 0 Å². The molecule has 4 rings (SSSR count). The molecule has 31 heavy (non-hydrogen) atoms. The average molecular weight is 418 g/mol. The molecule has 1 aliphatic rings. The van der Waals surface area contributed by atoms with Gasteiger partial charge in [0.2, 0.25) is 0 Å². The van der Waals surface area contributed by atoms with Crippen molar-refractivity contribution >= 4 is 22.7 Å². The zero-order valence-corrected chi connectivity index (χ0v) is 18.0. The lowest BCUT2D eigenvalue weighted by Gasteiger charge is -2.30. The first-order valence-electron chi connectivity index (χ1n) is 10.9. The first-order valence-corrected chi connectivity index (χ1v) is 10.9. The van der Waals surface area contributed by atoms with Gasteiger partial charge in [-0.3, -0.25) is 5.32 Å². The molecule has 160 valence electrons. The molecule has 3 aromatic rings. The molecular formula is C25H27N3O3. The van der Waals surface area contributed by atoms with Crippen molar-refractivity contribution in [1.82, 2.24) is 4.57 Å². The third-order valence-electron chi connectivity index (χ3n) is 5.68. The van der Waals surface area contributed by atoms with Gasteiger partial charge in [0.1, 0.15) is 11.8 Å². The highest BCUT2D eigenvalue weighted by molar-refractivity contribution is 5.96. The normalized spacial score (nSPS) is 13.5. The van der Waals surface area contributed by atoms with Crippen molar-refractivity contribution < 1.29 is 14.3 Å². The lowest BCUT2D eigenvalue weighted by Crippen LogP contribution is -2.18. The summed E-state index contributed by atoms with van der Waals surface area (Å²) < 4.78 is 13.1. The third-order valence-corrected chi connectivity index (χ3v) is 5.68. The molecule has 0 aliphatic heterocycles. The zero-order chi connectivity index (χ0) is 21.8. The van der Waals surface area contributed by atoms with Gasteiger partial charge in [-0.05, 0) is 62.4 Å². The van der Waals surface area contributed by atoms with Crippen LogP contribution in [0.1, 0.15) is 51.1 Å². The Morgan fingerprint density at radius 3 is 2.58 bits per heavy atom. The van der Waals surface area contributed by atoms with Crippen LogP contribution in [0.25, 0.3) is 22.2 Å². The second-order valence-corrected chi connectivity index (χ2v) is 7.74. The van der Waals surface area contributed by atoms with E-state index in [2.05, 4.69) is 16.0 Å². The largest absolute Gasteiger partial charge is 0.494 e. The SMILES string of the molecule is CCCOC(=O)Nc1ccc(-c2c(C#N)c3ccc(OCC)cc3n2C2CCC2)cc1. The van der Waals surface area contributed by atoms with Gasteiger partial charge in [0.25, 0.3) is 0 Å². The van der Waals surface area contributed by atoms with Crippen LogP contribution in [0.15, 0.2) is 42.5 Å². The van der Waals surface area contributed by atoms with Crippen LogP contribution in [0.4, 0.5) is 10.5 Å². The minimum absolute atomic E-state index is 0.373. The Labute approximate surface area is 182 Å². The van der Waals surface area contributed by atoms with Crippen molar-refractivity contribution in [2.75, 3.05) is 18.5 Å². The van der Waals surface area contributed by atoms with Crippen LogP contribution in [0.5, 0.6) is 5.75 Å². The summed E-state index contributed by atoms with van der Waals surface area (Å²) in [4.78, 5) is 11.8. The quantitative estimate of drug-likeness (QED) is 0.492. The molecular weight excluding hydrogens is 390 g/mol. The van der Waals surface area contributed by atoms with Crippen molar-refractivity contribution in [3.8, 4) is 23.1 Å². The van der Waals surface area contributed by atoms with Crippen LogP contribution >= 0.6 is 0 Å². The highest BCUT2D eigenvalue weighted by Crippen LogP contribution is 2.43. The number of carbonyl (C=O) groups is 1. The van der Waals surface area contributed by atoms with Crippen LogP contribution in [0.2, 0.25) is 0 Å². The number of fused-ring (bicyclic) bond motifs is 1. The lowest BCUT2D eigenvalue weighted by atomic mass is 9.92. The summed E-state index contributed by atoms with van der Waals surface area (Å²) in [5.41, 5.74) is 4.25. The summed E-state index contributed by atoms with van der Waals surface area (Å²) in [6.07, 6.45) is 3.71. The number of carbonyl (C=O) groups excluding carboxylic acids is 1. The van der Waals surface area contributed by atoms with Crippen molar-refractivity contribution in [2.24, 2.45) is 0 Å². The molecule has 1 fully saturated rings. The highest BCUT2D eigenvalue weighted by atomic mass is 16.5. The molecule has 1 aromatic heterocycles. The predicted molar refractivity (Wildman–Crippen MR) is 121 cm³/mol. The number of benzene rings is 2. The summed E-state index contributed by atoms with van der Waals surface area (Å²) in [5, 5.41) is 13.7. The fraction of sp³-hybridized carbons (Fsp3) is 0.360. The molecule has 6 heteroatoms. The molecule has 1 saturated carbocycles. The number of rotatable bonds is 7. The number of hydrogen-bond acceptors (Lipinski definition) is 4. The summed E-state index contributed by atoms with van der Waals surface area (Å²) in [7, 11) is 0. The standard InChI is InChI=1S/C25H27N3O3/c1-3-14-31-25(29)27-18-10-8-17(9-11-18)24-22(16-26)21-13-12-20(30-4-2)15-23(21)28(24)19-6-5-7-19/h8-13,15,19H,3-7,14H2,1-2H3,(H,27,29). The number of hydrogen-bond donors (Lipinski definition) is 1. The van der Waals surface area contributed by atoms with E-state index in [0.717, 1.165) is 47.2 Å². The fourth-order valence-corrected chi connectivity index (χ4v) is 4.03. The van der Waals surface area contributed by atoms with Crippen molar-refractivity contribution in [1.29, 1.82) is 5.26 Å². The number of amides is 1. The van der Waals surface area contributed by atoms with Gasteiger partial charge in [-0.2, -0.15) is 5.26 Å². The number of nitriles is 1. The maximum absolute atomic E-state index is 11.8. The number of aromatic nitrogens is 1. The topological polar surface area (TPSA) is 76.3 Å². The molecule has 0 bridgehead atoms. The van der Waals surface area contributed by atoms with Gasteiger partial charge in [0.05, 0.1) is 30.0 Å². The first-order chi connectivity index (χ1) is 15.2. The van der Waals surface area contributed by atoms with Crippen LogP contribution in [0.3, 0.4) is 0 Å². The van der Waals surface area contributed by atoms with E-state index < -0.39 is 6.09 Å². The Balaban J connectivity index is 1.76. The molecule has 0 saturated heterocycles. The Hall–Kier alpha value is -3.46. The van der Waals surface area contributed by atoms with E-state index in [4.69, 9.17) is 9.47 Å². The summed E-state index contributed by atoms with van der Waals surface area (Å²) in [5.74, 6) is 0.814. The molecule has 0 spiro atoms. The molecule has 0 radical (unpaired) electrons. The van der Waals surface area contributed by atoms with E-state index in [1.807, 2.05) is 56.3 Å². The first kappa shape index (κ1) is 20.8. The second kappa shape index (κ2) is 9.13. The van der Waals surface area contributed by atoms with Crippen LogP contribution in [-0.2, 0) is 4.74 Å². The Morgan fingerprint density at radius 1 is 1.19 bits per heavy atom. The molecule has 1 N–H and O–H groups in total. The smallest absolute Gasteiger partial charge is 0.411 e. The summed E-state index contributed by atoms with van der Waals surface area (Å²) in [6, 6.07) is 16.3. The molecule has 2 aromatic carbocycles. The van der Waals surface area contributed by atoms with Crippen molar-refractivity contribution in [2.45, 2.75) is 45.6 Å². The molecule has 1 amide bonds. The van der Waals surface area contributed by atoms with E-state index in [1.54, 1.807) is 0 Å². The van der Waals surface area contributed by atoms with Crippen LogP contribution in [-0.4, -0.2) is 23.9 Å². The minimum Gasteiger partial charge on any atom is -0.494 e. The fourth-order valence-electron chi connectivity index (χ4n) is 4.03. The lowest BCUT2D eigenvalue weighted by molar-refractivity contribution is 0.161. The highest BCUT2D eigenvalue weighted by Gasteiger charge is 2.28. The minimum atomic E-state index is -0.459. The molecule has 1 heterocycles.